The molecule has 3 rings (SSSR count). The molecule has 0 aliphatic heterocycles. The maximum atomic E-state index is 13.3. The Morgan fingerprint density at radius 3 is 2.59 bits per heavy atom. The van der Waals surface area contributed by atoms with Gasteiger partial charge in [-0.2, -0.15) is 13.2 Å². The second-order valence-electron chi connectivity index (χ2n) is 8.12. The highest BCUT2D eigenvalue weighted by atomic mass is 32.2. The maximum Gasteiger partial charge on any atom is 0.406 e. The molecule has 0 aliphatic rings. The molecule has 182 valence electrons. The van der Waals surface area contributed by atoms with Crippen LogP contribution in [0.1, 0.15) is 32.4 Å². The van der Waals surface area contributed by atoms with Gasteiger partial charge in [-0.15, -0.1) is 0 Å². The largest absolute Gasteiger partial charge is 0.406 e. The zero-order chi connectivity index (χ0) is 24.9. The van der Waals surface area contributed by atoms with Gasteiger partial charge >= 0.3 is 6.18 Å². The van der Waals surface area contributed by atoms with Gasteiger partial charge in [-0.05, 0) is 49.6 Å². The summed E-state index contributed by atoms with van der Waals surface area (Å²) >= 11 is 0. The smallest absolute Gasteiger partial charge is 0.382 e. The monoisotopic (exact) mass is 492 g/mol. The van der Waals surface area contributed by atoms with Gasteiger partial charge in [0.25, 0.3) is 0 Å². The number of anilines is 2. The van der Waals surface area contributed by atoms with E-state index in [1.54, 1.807) is 24.3 Å². The second-order valence-corrected chi connectivity index (χ2v) is 10.1. The van der Waals surface area contributed by atoms with E-state index < -0.39 is 22.6 Å². The molecule has 3 aromatic rings. The van der Waals surface area contributed by atoms with Crippen molar-refractivity contribution in [3.63, 3.8) is 0 Å². The first kappa shape index (κ1) is 25.4. The summed E-state index contributed by atoms with van der Waals surface area (Å²) in [5.41, 5.74) is 2.05. The van der Waals surface area contributed by atoms with Crippen LogP contribution in [-0.2, 0) is 16.4 Å². The fourth-order valence-corrected chi connectivity index (χ4v) is 4.18. The molecule has 0 saturated carbocycles. The zero-order valence-electron chi connectivity index (χ0n) is 19.2. The Hall–Kier alpha value is -3.19. The van der Waals surface area contributed by atoms with Gasteiger partial charge in [0.05, 0.1) is 29.6 Å². The van der Waals surface area contributed by atoms with Crippen LogP contribution in [0.4, 0.5) is 24.5 Å². The van der Waals surface area contributed by atoms with Crippen molar-refractivity contribution in [2.75, 3.05) is 23.4 Å². The van der Waals surface area contributed by atoms with Gasteiger partial charge in [-0.3, -0.25) is 0 Å². The SMILES string of the molecule is CCCC(C)Nc1cccc2c1cc(C#CCNc1ccc(S(C)(=O)=O)nc1)n2CC(F)(F)F. The fraction of sp³-hybridized carbons (Fsp3) is 0.375. The summed E-state index contributed by atoms with van der Waals surface area (Å²) in [4.78, 5) is 3.88. The zero-order valence-corrected chi connectivity index (χ0v) is 20.0. The number of hydrogen-bond donors (Lipinski definition) is 2. The third-order valence-corrected chi connectivity index (χ3v) is 6.12. The van der Waals surface area contributed by atoms with Crippen LogP contribution in [0.25, 0.3) is 10.9 Å². The summed E-state index contributed by atoms with van der Waals surface area (Å²) in [6.45, 7) is 3.13. The number of aromatic nitrogens is 2. The molecule has 1 aromatic carbocycles. The molecular formula is C24H27F3N4O2S. The number of benzene rings is 1. The Morgan fingerprint density at radius 2 is 1.97 bits per heavy atom. The summed E-state index contributed by atoms with van der Waals surface area (Å²) < 4.78 is 64.1. The number of nitrogens with one attached hydrogen (secondary N) is 2. The summed E-state index contributed by atoms with van der Waals surface area (Å²) in [7, 11) is -3.39. The second kappa shape index (κ2) is 10.4. The van der Waals surface area contributed by atoms with Gasteiger partial charge in [0.1, 0.15) is 6.54 Å². The molecule has 1 atom stereocenters. The molecule has 0 radical (unpaired) electrons. The van der Waals surface area contributed by atoms with E-state index in [0.29, 0.717) is 16.6 Å². The minimum absolute atomic E-state index is 0.0431. The Kier molecular flexibility index (Phi) is 7.77. The average Bonchev–Trinajstić information content (AvgIpc) is 3.08. The van der Waals surface area contributed by atoms with Crippen molar-refractivity contribution in [3.05, 3.63) is 48.3 Å². The number of fused-ring (bicyclic) bond motifs is 1. The van der Waals surface area contributed by atoms with Crippen molar-refractivity contribution in [1.29, 1.82) is 0 Å². The van der Waals surface area contributed by atoms with Gasteiger partial charge in [-0.1, -0.05) is 25.3 Å². The quantitative estimate of drug-likeness (QED) is 0.430. The minimum atomic E-state index is -4.40. The third kappa shape index (κ3) is 6.67. The van der Waals surface area contributed by atoms with E-state index in [2.05, 4.69) is 34.4 Å². The molecule has 0 bridgehead atoms. The molecule has 10 heteroatoms. The Labute approximate surface area is 197 Å². The molecule has 0 fully saturated rings. The first-order valence-electron chi connectivity index (χ1n) is 10.8. The highest BCUT2D eigenvalue weighted by Crippen LogP contribution is 2.30. The van der Waals surface area contributed by atoms with Gasteiger partial charge in [0, 0.05) is 23.4 Å². The molecule has 2 aromatic heterocycles. The Bertz CT molecular complexity index is 1300. The Balaban J connectivity index is 1.86. The van der Waals surface area contributed by atoms with Crippen molar-refractivity contribution in [2.45, 2.75) is 50.5 Å². The number of hydrogen-bond acceptors (Lipinski definition) is 5. The topological polar surface area (TPSA) is 76.0 Å². The maximum absolute atomic E-state index is 13.3. The minimum Gasteiger partial charge on any atom is -0.382 e. The van der Waals surface area contributed by atoms with Crippen LogP contribution < -0.4 is 10.6 Å². The fourth-order valence-electron chi connectivity index (χ4n) is 3.62. The lowest BCUT2D eigenvalue weighted by Crippen LogP contribution is -2.18. The van der Waals surface area contributed by atoms with Crippen LogP contribution in [0.15, 0.2) is 47.6 Å². The lowest BCUT2D eigenvalue weighted by molar-refractivity contribution is -0.140. The first-order chi connectivity index (χ1) is 16.0. The van der Waals surface area contributed by atoms with Crippen LogP contribution in [0.3, 0.4) is 0 Å². The lowest BCUT2D eigenvalue weighted by atomic mass is 10.1. The molecule has 0 saturated heterocycles. The summed E-state index contributed by atoms with van der Waals surface area (Å²) in [6.07, 6.45) is -0.0203. The number of nitrogens with zero attached hydrogens (tertiary/aromatic N) is 2. The molecule has 0 amide bonds. The van der Waals surface area contributed by atoms with Gasteiger partial charge in [-0.25, -0.2) is 13.4 Å². The predicted molar refractivity (Wildman–Crippen MR) is 129 cm³/mol. The van der Waals surface area contributed by atoms with Gasteiger partial charge in [0.15, 0.2) is 14.9 Å². The average molecular weight is 493 g/mol. The number of alkyl halides is 3. The Morgan fingerprint density at radius 1 is 1.21 bits per heavy atom. The van der Waals surface area contributed by atoms with E-state index in [1.807, 2.05) is 13.0 Å². The standard InChI is InChI=1S/C24H27F3N4O2S/c1-4-7-17(2)30-21-9-5-10-22-20(21)14-19(31(22)16-24(25,26)27)8-6-13-28-18-11-12-23(29-15-18)34(3,32)33/h5,9-12,14-15,17,28,30H,4,7,13,16H2,1-3H3. The highest BCUT2D eigenvalue weighted by Gasteiger charge is 2.30. The van der Waals surface area contributed by atoms with E-state index in [-0.39, 0.29) is 23.3 Å². The third-order valence-electron chi connectivity index (χ3n) is 5.12. The van der Waals surface area contributed by atoms with Crippen molar-refractivity contribution in [2.24, 2.45) is 0 Å². The van der Waals surface area contributed by atoms with E-state index in [4.69, 9.17) is 0 Å². The molecule has 2 heterocycles. The summed E-state index contributed by atoms with van der Waals surface area (Å²) in [5, 5.41) is 7.00. The molecule has 0 aliphatic carbocycles. The van der Waals surface area contributed by atoms with Crippen molar-refractivity contribution >= 4 is 32.1 Å². The van der Waals surface area contributed by atoms with Crippen LogP contribution in [0.2, 0.25) is 0 Å². The lowest BCUT2D eigenvalue weighted by Gasteiger charge is -2.16. The predicted octanol–water partition coefficient (Wildman–Crippen LogP) is 5.07. The molecule has 1 unspecified atom stereocenters. The number of sulfone groups is 1. The highest BCUT2D eigenvalue weighted by molar-refractivity contribution is 7.90. The first-order valence-corrected chi connectivity index (χ1v) is 12.7. The van der Waals surface area contributed by atoms with Gasteiger partial charge < -0.3 is 15.2 Å². The van der Waals surface area contributed by atoms with E-state index in [9.17, 15) is 21.6 Å². The van der Waals surface area contributed by atoms with Crippen LogP contribution in [0.5, 0.6) is 0 Å². The van der Waals surface area contributed by atoms with E-state index in [1.165, 1.54) is 16.8 Å². The molecular weight excluding hydrogens is 465 g/mol. The van der Waals surface area contributed by atoms with E-state index in [0.717, 1.165) is 24.8 Å². The van der Waals surface area contributed by atoms with Crippen LogP contribution in [0, 0.1) is 11.8 Å². The van der Waals surface area contributed by atoms with Crippen LogP contribution in [-0.4, -0.2) is 43.0 Å². The normalized spacial score (nSPS) is 12.8. The molecule has 2 N–H and O–H groups in total. The number of halogens is 3. The molecule has 0 spiro atoms. The molecule has 34 heavy (non-hydrogen) atoms. The number of rotatable bonds is 8. The summed E-state index contributed by atoms with van der Waals surface area (Å²) in [6, 6.07) is 10.1. The van der Waals surface area contributed by atoms with Gasteiger partial charge in [0.2, 0.25) is 0 Å². The van der Waals surface area contributed by atoms with E-state index >= 15 is 0 Å². The molecule has 6 nitrogen and oxygen atoms in total. The number of pyridine rings is 1. The van der Waals surface area contributed by atoms with Crippen molar-refractivity contribution in [3.8, 4) is 11.8 Å². The van der Waals surface area contributed by atoms with Crippen molar-refractivity contribution < 1.29 is 21.6 Å². The summed E-state index contributed by atoms with van der Waals surface area (Å²) in [5.74, 6) is 5.69. The van der Waals surface area contributed by atoms with Crippen molar-refractivity contribution in [1.82, 2.24) is 9.55 Å². The van der Waals surface area contributed by atoms with Crippen LogP contribution >= 0.6 is 0 Å².